The molecule has 2 rings (SSSR count). The number of benzene rings is 1. The predicted molar refractivity (Wildman–Crippen MR) is 75.0 cm³/mol. The number of hydrogen-bond donors (Lipinski definition) is 1. The lowest BCUT2D eigenvalue weighted by molar-refractivity contribution is -0.387. The van der Waals surface area contributed by atoms with Gasteiger partial charge in [-0.15, -0.1) is 0 Å². The summed E-state index contributed by atoms with van der Waals surface area (Å²) in [4.78, 5) is 12.3. The van der Waals surface area contributed by atoms with Crippen LogP contribution in [0.2, 0.25) is 0 Å². The molecule has 6 heteroatoms. The predicted octanol–water partition coefficient (Wildman–Crippen LogP) is 2.16. The van der Waals surface area contributed by atoms with Crippen molar-refractivity contribution in [2.24, 2.45) is 5.92 Å². The van der Waals surface area contributed by atoms with Crippen LogP contribution in [-0.2, 0) is 6.54 Å². The van der Waals surface area contributed by atoms with Crippen LogP contribution in [-0.4, -0.2) is 36.0 Å². The highest BCUT2D eigenvalue weighted by atomic mass is 19.1. The van der Waals surface area contributed by atoms with Crippen LogP contribution in [0.5, 0.6) is 0 Å². The van der Waals surface area contributed by atoms with Crippen LogP contribution in [0.3, 0.4) is 0 Å². The maximum Gasteiger partial charge on any atom is 0.305 e. The Morgan fingerprint density at radius 1 is 1.55 bits per heavy atom. The summed E-state index contributed by atoms with van der Waals surface area (Å²) in [5.74, 6) is -0.249. The molecule has 2 unspecified atom stereocenters. The van der Waals surface area contributed by atoms with Gasteiger partial charge in [0.25, 0.3) is 0 Å². The SMILES string of the molecule is CC1CN(C)CCC1NCc1cccc([N+](=O)[O-])c1F. The molecule has 1 aliphatic rings. The Morgan fingerprint density at radius 3 is 2.95 bits per heavy atom. The van der Waals surface area contributed by atoms with E-state index in [0.29, 0.717) is 24.1 Å². The van der Waals surface area contributed by atoms with Gasteiger partial charge in [0.2, 0.25) is 5.82 Å². The van der Waals surface area contributed by atoms with Gasteiger partial charge in [0.1, 0.15) is 0 Å². The van der Waals surface area contributed by atoms with Gasteiger partial charge in [0, 0.05) is 30.8 Å². The zero-order valence-electron chi connectivity index (χ0n) is 11.8. The minimum Gasteiger partial charge on any atom is -0.309 e. The molecule has 5 nitrogen and oxygen atoms in total. The van der Waals surface area contributed by atoms with Crippen LogP contribution in [0.15, 0.2) is 18.2 Å². The number of rotatable bonds is 4. The Morgan fingerprint density at radius 2 is 2.30 bits per heavy atom. The fourth-order valence-corrected chi connectivity index (χ4v) is 2.74. The largest absolute Gasteiger partial charge is 0.309 e. The maximum absolute atomic E-state index is 13.9. The molecule has 0 amide bonds. The standard InChI is InChI=1S/C14H20FN3O2/c1-10-9-17(2)7-6-12(10)16-8-11-4-3-5-13(14(11)15)18(19)20/h3-5,10,12,16H,6-9H2,1-2H3. The summed E-state index contributed by atoms with van der Waals surface area (Å²) in [6, 6.07) is 4.63. The number of nitrogens with one attached hydrogen (secondary N) is 1. The van der Waals surface area contributed by atoms with Gasteiger partial charge < -0.3 is 10.2 Å². The molecule has 110 valence electrons. The van der Waals surface area contributed by atoms with E-state index in [0.717, 1.165) is 19.5 Å². The highest BCUT2D eigenvalue weighted by Gasteiger charge is 2.24. The molecular formula is C14H20FN3O2. The van der Waals surface area contributed by atoms with E-state index in [4.69, 9.17) is 0 Å². The molecule has 1 aromatic carbocycles. The first-order valence-corrected chi connectivity index (χ1v) is 6.82. The molecule has 1 N–H and O–H groups in total. The molecule has 0 spiro atoms. The minimum absolute atomic E-state index is 0.324. The van der Waals surface area contributed by atoms with Gasteiger partial charge >= 0.3 is 5.69 Å². The van der Waals surface area contributed by atoms with Crippen molar-refractivity contribution in [3.05, 3.63) is 39.7 Å². The molecule has 20 heavy (non-hydrogen) atoms. The van der Waals surface area contributed by atoms with Crippen LogP contribution >= 0.6 is 0 Å². The summed E-state index contributed by atoms with van der Waals surface area (Å²) >= 11 is 0. The van der Waals surface area contributed by atoms with E-state index in [1.54, 1.807) is 6.07 Å². The highest BCUT2D eigenvalue weighted by molar-refractivity contribution is 5.36. The van der Waals surface area contributed by atoms with Crippen molar-refractivity contribution >= 4 is 5.69 Å². The van der Waals surface area contributed by atoms with Crippen LogP contribution < -0.4 is 5.32 Å². The first-order chi connectivity index (χ1) is 9.49. The molecule has 0 radical (unpaired) electrons. The van der Waals surface area contributed by atoms with Gasteiger partial charge in [-0.2, -0.15) is 4.39 Å². The fraction of sp³-hybridized carbons (Fsp3) is 0.571. The lowest BCUT2D eigenvalue weighted by Gasteiger charge is -2.35. The number of halogens is 1. The molecule has 0 aromatic heterocycles. The summed E-state index contributed by atoms with van der Waals surface area (Å²) in [6.07, 6.45) is 1.01. The number of nitro groups is 1. The van der Waals surface area contributed by atoms with Gasteiger partial charge in [0.05, 0.1) is 4.92 Å². The number of nitro benzene ring substituents is 1. The number of likely N-dealkylation sites (tertiary alicyclic amines) is 1. The van der Waals surface area contributed by atoms with Crippen molar-refractivity contribution in [1.29, 1.82) is 0 Å². The van der Waals surface area contributed by atoms with Crippen LogP contribution in [0.25, 0.3) is 0 Å². The van der Waals surface area contributed by atoms with E-state index in [1.807, 2.05) is 0 Å². The first-order valence-electron chi connectivity index (χ1n) is 6.82. The van der Waals surface area contributed by atoms with Crippen molar-refractivity contribution in [3.8, 4) is 0 Å². The lowest BCUT2D eigenvalue weighted by atomic mass is 9.94. The van der Waals surface area contributed by atoms with E-state index in [9.17, 15) is 14.5 Å². The molecular weight excluding hydrogens is 261 g/mol. The Kier molecular flexibility index (Phi) is 4.67. The Bertz CT molecular complexity index is 495. The molecule has 0 bridgehead atoms. The quantitative estimate of drug-likeness (QED) is 0.678. The smallest absolute Gasteiger partial charge is 0.305 e. The average molecular weight is 281 g/mol. The first kappa shape index (κ1) is 14.9. The summed E-state index contributed by atoms with van der Waals surface area (Å²) in [5, 5.41) is 14.0. The third-order valence-electron chi connectivity index (χ3n) is 3.92. The summed E-state index contributed by atoms with van der Waals surface area (Å²) in [6.45, 7) is 4.51. The summed E-state index contributed by atoms with van der Waals surface area (Å²) < 4.78 is 13.9. The normalized spacial score (nSPS) is 23.8. The topological polar surface area (TPSA) is 58.4 Å². The molecule has 1 fully saturated rings. The van der Waals surface area contributed by atoms with E-state index >= 15 is 0 Å². The summed E-state index contributed by atoms with van der Waals surface area (Å²) in [7, 11) is 2.09. The fourth-order valence-electron chi connectivity index (χ4n) is 2.74. The van der Waals surface area contributed by atoms with Crippen molar-refractivity contribution in [3.63, 3.8) is 0 Å². The van der Waals surface area contributed by atoms with Gasteiger partial charge in [0.15, 0.2) is 0 Å². The van der Waals surface area contributed by atoms with E-state index < -0.39 is 16.4 Å². The molecule has 1 heterocycles. The lowest BCUT2D eigenvalue weighted by Crippen LogP contribution is -2.46. The number of nitrogens with zero attached hydrogens (tertiary/aromatic N) is 2. The molecule has 0 aliphatic carbocycles. The molecule has 0 saturated carbocycles. The minimum atomic E-state index is -0.731. The highest BCUT2D eigenvalue weighted by Crippen LogP contribution is 2.21. The molecule has 1 saturated heterocycles. The Hall–Kier alpha value is -1.53. The molecule has 1 aliphatic heterocycles. The maximum atomic E-state index is 13.9. The van der Waals surface area contributed by atoms with E-state index in [1.165, 1.54) is 12.1 Å². The zero-order valence-corrected chi connectivity index (χ0v) is 11.8. The van der Waals surface area contributed by atoms with Crippen molar-refractivity contribution in [1.82, 2.24) is 10.2 Å². The second kappa shape index (κ2) is 6.28. The second-order valence-electron chi connectivity index (χ2n) is 5.52. The third kappa shape index (κ3) is 3.32. The van der Waals surface area contributed by atoms with E-state index in [2.05, 4.69) is 24.2 Å². The average Bonchev–Trinajstić information content (AvgIpc) is 2.39. The Labute approximate surface area is 117 Å². The molecule has 2 atom stereocenters. The van der Waals surface area contributed by atoms with Crippen molar-refractivity contribution in [2.45, 2.75) is 25.9 Å². The molecule has 1 aromatic rings. The monoisotopic (exact) mass is 281 g/mol. The van der Waals surface area contributed by atoms with Crippen LogP contribution in [0.4, 0.5) is 10.1 Å². The van der Waals surface area contributed by atoms with Gasteiger partial charge in [-0.1, -0.05) is 19.1 Å². The van der Waals surface area contributed by atoms with Crippen molar-refractivity contribution in [2.75, 3.05) is 20.1 Å². The van der Waals surface area contributed by atoms with Gasteiger partial charge in [-0.25, -0.2) is 0 Å². The zero-order chi connectivity index (χ0) is 14.7. The van der Waals surface area contributed by atoms with Gasteiger partial charge in [-0.3, -0.25) is 10.1 Å². The van der Waals surface area contributed by atoms with E-state index in [-0.39, 0.29) is 0 Å². The van der Waals surface area contributed by atoms with Crippen LogP contribution in [0.1, 0.15) is 18.9 Å². The third-order valence-corrected chi connectivity index (χ3v) is 3.92. The number of hydrogen-bond acceptors (Lipinski definition) is 4. The Balaban J connectivity index is 2.01. The van der Waals surface area contributed by atoms with Crippen molar-refractivity contribution < 1.29 is 9.31 Å². The number of piperidine rings is 1. The van der Waals surface area contributed by atoms with Gasteiger partial charge in [-0.05, 0) is 25.9 Å². The van der Waals surface area contributed by atoms with Crippen LogP contribution in [0, 0.1) is 21.8 Å². The summed E-state index contributed by atoms with van der Waals surface area (Å²) in [5.41, 5.74) is -0.106. The second-order valence-corrected chi connectivity index (χ2v) is 5.52.